The van der Waals surface area contributed by atoms with Crippen LogP contribution in [-0.4, -0.2) is 54.9 Å². The van der Waals surface area contributed by atoms with Gasteiger partial charge in [-0.05, 0) is 60.4 Å². The van der Waals surface area contributed by atoms with Gasteiger partial charge < -0.3 is 14.8 Å². The summed E-state index contributed by atoms with van der Waals surface area (Å²) in [5.74, 6) is 1.09. The first-order chi connectivity index (χ1) is 16.7. The Morgan fingerprint density at radius 1 is 1.09 bits per heavy atom. The van der Waals surface area contributed by atoms with Gasteiger partial charge in [-0.25, -0.2) is 8.42 Å². The van der Waals surface area contributed by atoms with Crippen LogP contribution in [0.3, 0.4) is 0 Å². The van der Waals surface area contributed by atoms with Crippen molar-refractivity contribution in [2.24, 2.45) is 7.05 Å². The van der Waals surface area contributed by atoms with Gasteiger partial charge in [0.15, 0.2) is 0 Å². The van der Waals surface area contributed by atoms with Crippen LogP contribution in [0.1, 0.15) is 35.0 Å². The lowest BCUT2D eigenvalue weighted by atomic mass is 10.0. The van der Waals surface area contributed by atoms with E-state index in [0.29, 0.717) is 60.1 Å². The number of aromatic nitrogens is 2. The predicted molar refractivity (Wildman–Crippen MR) is 134 cm³/mol. The van der Waals surface area contributed by atoms with Gasteiger partial charge >= 0.3 is 0 Å². The Morgan fingerprint density at radius 3 is 2.60 bits per heavy atom. The third kappa shape index (κ3) is 5.18. The highest BCUT2D eigenvalue weighted by atomic mass is 32.2. The van der Waals surface area contributed by atoms with Gasteiger partial charge in [0.25, 0.3) is 5.91 Å². The number of benzene rings is 2. The van der Waals surface area contributed by atoms with Crippen LogP contribution in [0.5, 0.6) is 11.5 Å². The summed E-state index contributed by atoms with van der Waals surface area (Å²) >= 11 is 0. The van der Waals surface area contributed by atoms with Crippen molar-refractivity contribution in [2.75, 3.05) is 31.8 Å². The van der Waals surface area contributed by atoms with Gasteiger partial charge in [-0.1, -0.05) is 13.0 Å². The summed E-state index contributed by atoms with van der Waals surface area (Å²) < 4.78 is 38.8. The predicted octanol–water partition coefficient (Wildman–Crippen LogP) is 3.45. The Balaban J connectivity index is 1.56. The Bertz CT molecular complexity index is 1350. The number of carbonyl (C=O) groups excluding carboxylic acids is 1. The zero-order valence-electron chi connectivity index (χ0n) is 20.4. The minimum Gasteiger partial charge on any atom is -0.497 e. The van der Waals surface area contributed by atoms with E-state index < -0.39 is 10.0 Å². The average Bonchev–Trinajstić information content (AvgIpc) is 3.24. The molecule has 4 rings (SSSR count). The number of nitrogens with one attached hydrogen (secondary N) is 1. The first-order valence-electron chi connectivity index (χ1n) is 11.4. The number of amides is 1. The molecule has 0 atom stereocenters. The third-order valence-corrected chi connectivity index (χ3v) is 8.11. The maximum Gasteiger partial charge on any atom is 0.273 e. The lowest BCUT2D eigenvalue weighted by Crippen LogP contribution is -2.37. The van der Waals surface area contributed by atoms with E-state index in [1.54, 1.807) is 39.5 Å². The fourth-order valence-electron chi connectivity index (χ4n) is 4.25. The van der Waals surface area contributed by atoms with Crippen LogP contribution >= 0.6 is 0 Å². The standard InChI is InChI=1S/C25H30N4O5S/c1-5-12-35(31,32)29-11-10-17-6-7-19(13-18(17)16-29)26-25(30)23-15-22(27-28(23)2)21-14-20(33-3)8-9-24(21)34-4/h6-9,13-15H,5,10-12,16H2,1-4H3,(H,26,30). The second-order valence-corrected chi connectivity index (χ2v) is 10.5. The largest absolute Gasteiger partial charge is 0.497 e. The molecule has 10 heteroatoms. The van der Waals surface area contributed by atoms with E-state index in [9.17, 15) is 13.2 Å². The number of sulfonamides is 1. The van der Waals surface area contributed by atoms with E-state index in [2.05, 4.69) is 10.4 Å². The maximum absolute atomic E-state index is 13.1. The van der Waals surface area contributed by atoms with E-state index in [4.69, 9.17) is 9.47 Å². The summed E-state index contributed by atoms with van der Waals surface area (Å²) in [6, 6.07) is 12.7. The van der Waals surface area contributed by atoms with Gasteiger partial charge in [-0.2, -0.15) is 9.40 Å². The number of methoxy groups -OCH3 is 2. The van der Waals surface area contributed by atoms with E-state index in [1.807, 2.05) is 31.2 Å². The van der Waals surface area contributed by atoms with Gasteiger partial charge in [-0.3, -0.25) is 9.48 Å². The zero-order chi connectivity index (χ0) is 25.2. The number of fused-ring (bicyclic) bond motifs is 1. The molecular weight excluding hydrogens is 468 g/mol. The molecule has 0 bridgehead atoms. The molecule has 2 heterocycles. The van der Waals surface area contributed by atoms with E-state index >= 15 is 0 Å². The summed E-state index contributed by atoms with van der Waals surface area (Å²) in [7, 11) is 1.58. The van der Waals surface area contributed by atoms with Crippen molar-refractivity contribution in [3.63, 3.8) is 0 Å². The van der Waals surface area contributed by atoms with Crippen molar-refractivity contribution in [3.8, 4) is 22.8 Å². The van der Waals surface area contributed by atoms with Gasteiger partial charge in [0.2, 0.25) is 10.0 Å². The number of hydrogen-bond acceptors (Lipinski definition) is 6. The first kappa shape index (κ1) is 24.7. The minimum atomic E-state index is -3.28. The highest BCUT2D eigenvalue weighted by molar-refractivity contribution is 7.89. The fraction of sp³-hybridized carbons (Fsp3) is 0.360. The van der Waals surface area contributed by atoms with Crippen molar-refractivity contribution >= 4 is 21.6 Å². The van der Waals surface area contributed by atoms with Crippen LogP contribution in [-0.2, 0) is 30.0 Å². The molecule has 35 heavy (non-hydrogen) atoms. The fourth-order valence-corrected chi connectivity index (χ4v) is 5.73. The molecule has 0 unspecified atom stereocenters. The highest BCUT2D eigenvalue weighted by Crippen LogP contribution is 2.33. The number of hydrogen-bond donors (Lipinski definition) is 1. The number of nitrogens with zero attached hydrogens (tertiary/aromatic N) is 3. The lowest BCUT2D eigenvalue weighted by Gasteiger charge is -2.28. The first-order valence-corrected chi connectivity index (χ1v) is 13.0. The molecule has 0 saturated carbocycles. The Hall–Kier alpha value is -3.37. The Morgan fingerprint density at radius 2 is 1.89 bits per heavy atom. The maximum atomic E-state index is 13.1. The molecule has 186 valence electrons. The lowest BCUT2D eigenvalue weighted by molar-refractivity contribution is 0.101. The van der Waals surface area contributed by atoms with Crippen LogP contribution in [0.2, 0.25) is 0 Å². The van der Waals surface area contributed by atoms with Crippen molar-refractivity contribution in [2.45, 2.75) is 26.3 Å². The number of carbonyl (C=O) groups is 1. The van der Waals surface area contributed by atoms with Gasteiger partial charge in [0, 0.05) is 31.4 Å². The number of aryl methyl sites for hydroxylation is 1. The van der Waals surface area contributed by atoms with E-state index in [1.165, 1.54) is 8.99 Å². The molecule has 0 aliphatic carbocycles. The average molecular weight is 499 g/mol. The quantitative estimate of drug-likeness (QED) is 0.510. The molecule has 0 fully saturated rings. The van der Waals surface area contributed by atoms with Crippen molar-refractivity contribution in [3.05, 3.63) is 59.3 Å². The summed E-state index contributed by atoms with van der Waals surface area (Å²) in [4.78, 5) is 13.1. The molecular formula is C25H30N4O5S. The van der Waals surface area contributed by atoms with E-state index in [0.717, 1.165) is 11.1 Å². The van der Waals surface area contributed by atoms with Gasteiger partial charge in [0.1, 0.15) is 17.2 Å². The molecule has 2 aromatic carbocycles. The topological polar surface area (TPSA) is 103 Å². The number of anilines is 1. The zero-order valence-corrected chi connectivity index (χ0v) is 21.2. The second kappa shape index (κ2) is 10.1. The summed E-state index contributed by atoms with van der Waals surface area (Å²) in [6.45, 7) is 2.65. The number of rotatable bonds is 8. The molecule has 0 radical (unpaired) electrons. The van der Waals surface area contributed by atoms with Gasteiger partial charge in [-0.15, -0.1) is 0 Å². The third-order valence-electron chi connectivity index (χ3n) is 6.09. The summed E-state index contributed by atoms with van der Waals surface area (Å²) in [6.07, 6.45) is 1.23. The second-order valence-electron chi connectivity index (χ2n) is 8.44. The molecule has 0 spiro atoms. The molecule has 3 aromatic rings. The molecule has 1 aromatic heterocycles. The molecule has 1 aliphatic rings. The highest BCUT2D eigenvalue weighted by Gasteiger charge is 2.26. The SMILES string of the molecule is CCCS(=O)(=O)N1CCc2ccc(NC(=O)c3cc(-c4cc(OC)ccc4OC)nn3C)cc2C1. The normalized spacial score (nSPS) is 13.8. The van der Waals surface area contributed by atoms with Crippen molar-refractivity contribution in [1.29, 1.82) is 0 Å². The molecule has 1 amide bonds. The molecule has 1 N–H and O–H groups in total. The Kier molecular flexibility index (Phi) is 7.13. The minimum absolute atomic E-state index is 0.139. The molecule has 9 nitrogen and oxygen atoms in total. The van der Waals surface area contributed by atoms with Gasteiger partial charge in [0.05, 0.1) is 25.7 Å². The number of ether oxygens (including phenoxy) is 2. The molecule has 0 saturated heterocycles. The van der Waals surface area contributed by atoms with Crippen LogP contribution < -0.4 is 14.8 Å². The summed E-state index contributed by atoms with van der Waals surface area (Å²) in [5.41, 5.74) is 4.26. The van der Waals surface area contributed by atoms with Crippen LogP contribution in [0.25, 0.3) is 11.3 Å². The monoisotopic (exact) mass is 498 g/mol. The molecule has 1 aliphatic heterocycles. The van der Waals surface area contributed by atoms with E-state index in [-0.39, 0.29) is 11.7 Å². The Labute approximate surface area is 205 Å². The van der Waals surface area contributed by atoms with Crippen LogP contribution in [0.15, 0.2) is 42.5 Å². The van der Waals surface area contributed by atoms with Crippen molar-refractivity contribution in [1.82, 2.24) is 14.1 Å². The summed E-state index contributed by atoms with van der Waals surface area (Å²) in [5, 5.41) is 7.42. The van der Waals surface area contributed by atoms with Crippen LogP contribution in [0.4, 0.5) is 5.69 Å². The van der Waals surface area contributed by atoms with Crippen LogP contribution in [0, 0.1) is 0 Å². The van der Waals surface area contributed by atoms with Crippen molar-refractivity contribution < 1.29 is 22.7 Å². The smallest absolute Gasteiger partial charge is 0.273 e.